The number of carbonyl (C=O) groups excluding carboxylic acids is 1. The molecule has 2 amide bonds. The van der Waals surface area contributed by atoms with Crippen molar-refractivity contribution in [2.24, 2.45) is 0 Å². The summed E-state index contributed by atoms with van der Waals surface area (Å²) >= 11 is 0. The molecule has 0 saturated heterocycles. The molecule has 0 saturated carbocycles. The molecular weight excluding hydrogens is 131 g/mol. The van der Waals surface area contributed by atoms with Crippen molar-refractivity contribution >= 4 is 6.03 Å². The molecule has 0 aromatic carbocycles. The van der Waals surface area contributed by atoms with Gasteiger partial charge < -0.3 is 10.6 Å². The Hall–Kier alpha value is -0.146. The fourth-order valence-electron chi connectivity index (χ4n) is 0.125. The van der Waals surface area contributed by atoms with E-state index >= 15 is 0 Å². The predicted octanol–water partition coefficient (Wildman–Crippen LogP) is -0.457. The standard InChI is InChI=1S/C3H8N2O.V/c1-4-3(6)5-2;/h1-2H3,(H2,4,5,6);. The van der Waals surface area contributed by atoms with Crippen LogP contribution in [0.5, 0.6) is 0 Å². The van der Waals surface area contributed by atoms with Crippen LogP contribution < -0.4 is 10.6 Å². The number of amides is 2. The van der Waals surface area contributed by atoms with Crippen LogP contribution in [0.4, 0.5) is 4.79 Å². The van der Waals surface area contributed by atoms with Gasteiger partial charge in [0.25, 0.3) is 0 Å². The third-order valence-corrected chi connectivity index (χ3v) is 0.454. The van der Waals surface area contributed by atoms with E-state index in [2.05, 4.69) is 10.6 Å². The van der Waals surface area contributed by atoms with Gasteiger partial charge in [-0.3, -0.25) is 0 Å². The summed E-state index contributed by atoms with van der Waals surface area (Å²) in [6.07, 6.45) is 0. The molecule has 2 N–H and O–H groups in total. The van der Waals surface area contributed by atoms with Crippen LogP contribution >= 0.6 is 0 Å². The second-order valence-electron chi connectivity index (χ2n) is 0.829. The Kier molecular flexibility index (Phi) is 8.34. The Bertz CT molecular complexity index is 50.9. The van der Waals surface area contributed by atoms with Gasteiger partial charge in [-0.05, 0) is 0 Å². The summed E-state index contributed by atoms with van der Waals surface area (Å²) in [5.74, 6) is 0. The summed E-state index contributed by atoms with van der Waals surface area (Å²) in [6, 6.07) is -0.157. The molecule has 0 rings (SSSR count). The Morgan fingerprint density at radius 2 is 1.57 bits per heavy atom. The maximum atomic E-state index is 9.96. The number of carbonyl (C=O) groups is 1. The van der Waals surface area contributed by atoms with Crippen molar-refractivity contribution in [1.29, 1.82) is 0 Å². The molecule has 0 spiro atoms. The van der Waals surface area contributed by atoms with Crippen LogP contribution in [0.2, 0.25) is 0 Å². The van der Waals surface area contributed by atoms with Gasteiger partial charge in [-0.15, -0.1) is 0 Å². The second-order valence-corrected chi connectivity index (χ2v) is 0.829. The van der Waals surface area contributed by atoms with Gasteiger partial charge in [-0.1, -0.05) is 0 Å². The van der Waals surface area contributed by atoms with E-state index in [9.17, 15) is 4.79 Å². The first-order chi connectivity index (χ1) is 2.81. The largest absolute Gasteiger partial charge is 0.341 e. The van der Waals surface area contributed by atoms with E-state index < -0.39 is 0 Å². The van der Waals surface area contributed by atoms with Gasteiger partial charge in [0.1, 0.15) is 0 Å². The Labute approximate surface area is 54.7 Å². The maximum Gasteiger partial charge on any atom is 0.314 e. The molecule has 4 heteroatoms. The fraction of sp³-hybridized carbons (Fsp3) is 0.667. The van der Waals surface area contributed by atoms with Crippen LogP contribution in [0.1, 0.15) is 0 Å². The molecule has 7 heavy (non-hydrogen) atoms. The predicted molar refractivity (Wildman–Crippen MR) is 23.5 cm³/mol. The molecule has 0 unspecified atom stereocenters. The molecule has 0 aliphatic rings. The summed E-state index contributed by atoms with van der Waals surface area (Å²) in [5.41, 5.74) is 0. The third-order valence-electron chi connectivity index (χ3n) is 0.454. The first-order valence-corrected chi connectivity index (χ1v) is 1.70. The van der Waals surface area contributed by atoms with Gasteiger partial charge in [0.05, 0.1) is 0 Å². The fourth-order valence-corrected chi connectivity index (χ4v) is 0.125. The van der Waals surface area contributed by atoms with E-state index in [4.69, 9.17) is 0 Å². The van der Waals surface area contributed by atoms with E-state index in [1.54, 1.807) is 14.1 Å². The normalized spacial score (nSPS) is 6.00. The molecule has 0 fully saturated rings. The molecule has 0 heterocycles. The molecule has 0 aliphatic carbocycles. The van der Waals surface area contributed by atoms with E-state index in [0.717, 1.165) is 0 Å². The first-order valence-electron chi connectivity index (χ1n) is 1.70. The topological polar surface area (TPSA) is 41.1 Å². The Morgan fingerprint density at radius 3 is 1.57 bits per heavy atom. The molecule has 0 atom stereocenters. The number of urea groups is 1. The Balaban J connectivity index is 0. The quantitative estimate of drug-likeness (QED) is 0.468. The number of rotatable bonds is 0. The van der Waals surface area contributed by atoms with Crippen molar-refractivity contribution in [3.8, 4) is 0 Å². The van der Waals surface area contributed by atoms with Gasteiger partial charge in [-0.25, -0.2) is 4.79 Å². The van der Waals surface area contributed by atoms with E-state index in [1.165, 1.54) is 0 Å². The SMILES string of the molecule is CNC(=O)NC.[V]. The zero-order valence-electron chi connectivity index (χ0n) is 4.36. The summed E-state index contributed by atoms with van der Waals surface area (Å²) in [4.78, 5) is 9.96. The van der Waals surface area contributed by atoms with Crippen molar-refractivity contribution < 1.29 is 23.4 Å². The van der Waals surface area contributed by atoms with Crippen LogP contribution in [-0.2, 0) is 18.6 Å². The van der Waals surface area contributed by atoms with Gasteiger partial charge in [0.2, 0.25) is 0 Å². The summed E-state index contributed by atoms with van der Waals surface area (Å²) in [6.45, 7) is 0. The minimum atomic E-state index is -0.157. The van der Waals surface area contributed by atoms with E-state index in [1.807, 2.05) is 0 Å². The molecule has 0 bridgehead atoms. The zero-order valence-corrected chi connectivity index (χ0v) is 5.75. The summed E-state index contributed by atoms with van der Waals surface area (Å²) in [7, 11) is 3.14. The second kappa shape index (κ2) is 5.85. The van der Waals surface area contributed by atoms with Crippen molar-refractivity contribution in [2.45, 2.75) is 0 Å². The Morgan fingerprint density at radius 1 is 1.29 bits per heavy atom. The van der Waals surface area contributed by atoms with Gasteiger partial charge in [-0.2, -0.15) is 0 Å². The first kappa shape index (κ1) is 9.97. The van der Waals surface area contributed by atoms with E-state index in [-0.39, 0.29) is 24.6 Å². The zero-order chi connectivity index (χ0) is 4.99. The van der Waals surface area contributed by atoms with Crippen molar-refractivity contribution in [1.82, 2.24) is 10.6 Å². The van der Waals surface area contributed by atoms with Crippen LogP contribution in [0.3, 0.4) is 0 Å². The average molecular weight is 139 g/mol. The molecular formula is C3H8N2OV. The number of hydrogen-bond donors (Lipinski definition) is 2. The molecule has 3 nitrogen and oxygen atoms in total. The third kappa shape index (κ3) is 5.85. The number of nitrogens with one attached hydrogen (secondary N) is 2. The number of hydrogen-bond acceptors (Lipinski definition) is 1. The van der Waals surface area contributed by atoms with Gasteiger partial charge in [0.15, 0.2) is 0 Å². The summed E-state index contributed by atoms with van der Waals surface area (Å²) < 4.78 is 0. The summed E-state index contributed by atoms with van der Waals surface area (Å²) in [5, 5.41) is 4.73. The molecule has 0 aromatic rings. The van der Waals surface area contributed by atoms with E-state index in [0.29, 0.717) is 0 Å². The minimum absolute atomic E-state index is 0. The van der Waals surface area contributed by atoms with Crippen molar-refractivity contribution in [3.05, 3.63) is 0 Å². The van der Waals surface area contributed by atoms with Gasteiger partial charge >= 0.3 is 6.03 Å². The molecule has 0 aromatic heterocycles. The molecule has 41 valence electrons. The molecule has 1 radical (unpaired) electrons. The van der Waals surface area contributed by atoms with Crippen LogP contribution in [0.25, 0.3) is 0 Å². The van der Waals surface area contributed by atoms with Gasteiger partial charge in [0, 0.05) is 32.7 Å². The molecule has 0 aliphatic heterocycles. The smallest absolute Gasteiger partial charge is 0.314 e. The monoisotopic (exact) mass is 139 g/mol. The minimum Gasteiger partial charge on any atom is -0.341 e. The maximum absolute atomic E-state index is 9.96. The van der Waals surface area contributed by atoms with Crippen LogP contribution in [-0.4, -0.2) is 20.1 Å². The van der Waals surface area contributed by atoms with Crippen molar-refractivity contribution in [2.75, 3.05) is 14.1 Å². The van der Waals surface area contributed by atoms with Crippen LogP contribution in [0, 0.1) is 0 Å². The average Bonchev–Trinajstić information content (AvgIpc) is 1.65. The van der Waals surface area contributed by atoms with Crippen LogP contribution in [0.15, 0.2) is 0 Å². The van der Waals surface area contributed by atoms with Crippen molar-refractivity contribution in [3.63, 3.8) is 0 Å².